The minimum absolute atomic E-state index is 0.926. The van der Waals surface area contributed by atoms with E-state index in [9.17, 15) is 0 Å². The maximum Gasteiger partial charge on any atom is 0.0107 e. The van der Waals surface area contributed by atoms with Gasteiger partial charge in [-0.2, -0.15) is 0 Å². The van der Waals surface area contributed by atoms with Gasteiger partial charge in [0, 0.05) is 32.7 Å². The molecule has 3 atom stereocenters. The van der Waals surface area contributed by atoms with Crippen LogP contribution in [0.25, 0.3) is 0 Å². The fourth-order valence-electron chi connectivity index (χ4n) is 3.33. The predicted molar refractivity (Wildman–Crippen MR) is 58.2 cm³/mol. The van der Waals surface area contributed by atoms with Crippen LogP contribution in [0.1, 0.15) is 12.8 Å². The van der Waals surface area contributed by atoms with E-state index in [1.807, 2.05) is 0 Å². The van der Waals surface area contributed by atoms with Crippen LogP contribution in [-0.2, 0) is 0 Å². The van der Waals surface area contributed by atoms with Gasteiger partial charge in [-0.15, -0.1) is 0 Å². The van der Waals surface area contributed by atoms with Crippen LogP contribution in [0.2, 0.25) is 0 Å². The number of hydrogen-bond acceptors (Lipinski definition) is 2. The Balaban J connectivity index is 1.54. The summed E-state index contributed by atoms with van der Waals surface area (Å²) >= 11 is 0. The molecule has 1 unspecified atom stereocenters. The lowest BCUT2D eigenvalue weighted by molar-refractivity contribution is 0.193. The highest BCUT2D eigenvalue weighted by Gasteiger charge is 2.36. The van der Waals surface area contributed by atoms with E-state index in [1.165, 1.54) is 45.6 Å². The summed E-state index contributed by atoms with van der Waals surface area (Å²) in [4.78, 5) is 2.65. The Morgan fingerprint density at radius 2 is 2.00 bits per heavy atom. The van der Waals surface area contributed by atoms with Crippen molar-refractivity contribution in [3.05, 3.63) is 12.2 Å². The molecule has 1 saturated heterocycles. The highest BCUT2D eigenvalue weighted by molar-refractivity contribution is 5.10. The molecule has 0 amide bonds. The first kappa shape index (κ1) is 8.93. The Morgan fingerprint density at radius 3 is 2.64 bits per heavy atom. The van der Waals surface area contributed by atoms with Crippen molar-refractivity contribution in [1.82, 2.24) is 10.2 Å². The Bertz CT molecular complexity index is 230. The Labute approximate surface area is 86.4 Å². The van der Waals surface area contributed by atoms with Gasteiger partial charge in [0.1, 0.15) is 0 Å². The third-order valence-corrected chi connectivity index (χ3v) is 4.12. The van der Waals surface area contributed by atoms with Crippen molar-refractivity contribution in [3.63, 3.8) is 0 Å². The zero-order valence-electron chi connectivity index (χ0n) is 8.78. The standard InChI is InChI=1S/C12H20N2/c1-2-11-7-10(1)8-12(11)9-14-5-3-13-4-6-14/h1-2,10-13H,3-9H2/t10-,11+,12?/m0/s1. The van der Waals surface area contributed by atoms with Gasteiger partial charge in [-0.1, -0.05) is 12.2 Å². The van der Waals surface area contributed by atoms with E-state index in [-0.39, 0.29) is 0 Å². The normalized spacial score (nSPS) is 42.1. The van der Waals surface area contributed by atoms with Crippen molar-refractivity contribution in [2.24, 2.45) is 17.8 Å². The highest BCUT2D eigenvalue weighted by Crippen LogP contribution is 2.43. The van der Waals surface area contributed by atoms with Gasteiger partial charge >= 0.3 is 0 Å². The van der Waals surface area contributed by atoms with E-state index < -0.39 is 0 Å². The van der Waals surface area contributed by atoms with E-state index in [2.05, 4.69) is 22.4 Å². The molecule has 1 saturated carbocycles. The van der Waals surface area contributed by atoms with Gasteiger partial charge in [-0.05, 0) is 30.6 Å². The zero-order valence-corrected chi connectivity index (χ0v) is 8.78. The van der Waals surface area contributed by atoms with Crippen LogP contribution >= 0.6 is 0 Å². The third-order valence-electron chi connectivity index (χ3n) is 4.12. The second-order valence-corrected chi connectivity index (χ2v) is 5.09. The summed E-state index contributed by atoms with van der Waals surface area (Å²) in [6.07, 6.45) is 7.84. The molecule has 0 spiro atoms. The molecule has 2 bridgehead atoms. The van der Waals surface area contributed by atoms with Gasteiger partial charge in [-0.3, -0.25) is 0 Å². The maximum absolute atomic E-state index is 3.42. The molecule has 1 N–H and O–H groups in total. The number of nitrogens with one attached hydrogen (secondary N) is 1. The van der Waals surface area contributed by atoms with Crippen LogP contribution in [0.15, 0.2) is 12.2 Å². The third kappa shape index (κ3) is 1.61. The fourth-order valence-corrected chi connectivity index (χ4v) is 3.33. The molecule has 0 aromatic rings. The first-order valence-electron chi connectivity index (χ1n) is 6.03. The van der Waals surface area contributed by atoms with Crippen LogP contribution in [-0.4, -0.2) is 37.6 Å². The smallest absolute Gasteiger partial charge is 0.0107 e. The summed E-state index contributed by atoms with van der Waals surface area (Å²) in [5.74, 6) is 2.84. The molecule has 3 aliphatic rings. The van der Waals surface area contributed by atoms with E-state index >= 15 is 0 Å². The largest absolute Gasteiger partial charge is 0.314 e. The Hall–Kier alpha value is -0.340. The fraction of sp³-hybridized carbons (Fsp3) is 0.833. The number of hydrogen-bond donors (Lipinski definition) is 1. The second-order valence-electron chi connectivity index (χ2n) is 5.09. The molecular weight excluding hydrogens is 172 g/mol. The van der Waals surface area contributed by atoms with E-state index in [0.717, 1.165) is 17.8 Å². The lowest BCUT2D eigenvalue weighted by Gasteiger charge is -2.31. The van der Waals surface area contributed by atoms with Gasteiger partial charge in [-0.25, -0.2) is 0 Å². The SMILES string of the molecule is C1=C[C@@H]2C[C@H]1CC2CN1CCNCC1. The van der Waals surface area contributed by atoms with E-state index in [4.69, 9.17) is 0 Å². The Morgan fingerprint density at radius 1 is 1.14 bits per heavy atom. The monoisotopic (exact) mass is 192 g/mol. The van der Waals surface area contributed by atoms with Crippen molar-refractivity contribution in [2.45, 2.75) is 12.8 Å². The minimum atomic E-state index is 0.926. The van der Waals surface area contributed by atoms with Crippen LogP contribution in [0.4, 0.5) is 0 Å². The van der Waals surface area contributed by atoms with Gasteiger partial charge in [0.05, 0.1) is 0 Å². The first-order chi connectivity index (χ1) is 6.92. The summed E-state index contributed by atoms with van der Waals surface area (Å²) in [7, 11) is 0. The average molecular weight is 192 g/mol. The highest BCUT2D eigenvalue weighted by atomic mass is 15.2. The summed E-state index contributed by atoms with van der Waals surface area (Å²) < 4.78 is 0. The number of allylic oxidation sites excluding steroid dienone is 2. The molecular formula is C12H20N2. The second kappa shape index (κ2) is 3.67. The van der Waals surface area contributed by atoms with Crippen molar-refractivity contribution in [1.29, 1.82) is 0 Å². The average Bonchev–Trinajstić information content (AvgIpc) is 2.81. The molecule has 0 aromatic carbocycles. The van der Waals surface area contributed by atoms with Crippen LogP contribution in [0.3, 0.4) is 0 Å². The summed E-state index contributed by atoms with van der Waals surface area (Å²) in [6, 6.07) is 0. The van der Waals surface area contributed by atoms with Crippen LogP contribution in [0, 0.1) is 17.8 Å². The van der Waals surface area contributed by atoms with Gasteiger partial charge < -0.3 is 10.2 Å². The topological polar surface area (TPSA) is 15.3 Å². The maximum atomic E-state index is 3.42. The van der Waals surface area contributed by atoms with E-state index in [1.54, 1.807) is 0 Å². The van der Waals surface area contributed by atoms with Gasteiger partial charge in [0.15, 0.2) is 0 Å². The molecule has 2 aliphatic carbocycles. The molecule has 14 heavy (non-hydrogen) atoms. The number of piperazine rings is 1. The zero-order chi connectivity index (χ0) is 9.38. The predicted octanol–water partition coefficient (Wildman–Crippen LogP) is 1.10. The van der Waals surface area contributed by atoms with Crippen LogP contribution in [0.5, 0.6) is 0 Å². The van der Waals surface area contributed by atoms with Crippen molar-refractivity contribution >= 4 is 0 Å². The minimum Gasteiger partial charge on any atom is -0.314 e. The van der Waals surface area contributed by atoms with Gasteiger partial charge in [0.2, 0.25) is 0 Å². The van der Waals surface area contributed by atoms with Gasteiger partial charge in [0.25, 0.3) is 0 Å². The number of fused-ring (bicyclic) bond motifs is 2. The lowest BCUT2D eigenvalue weighted by atomic mass is 9.93. The molecule has 1 heterocycles. The van der Waals surface area contributed by atoms with Crippen LogP contribution < -0.4 is 5.32 Å². The summed E-state index contributed by atoms with van der Waals surface area (Å²) in [6.45, 7) is 6.26. The number of nitrogens with zero attached hydrogens (tertiary/aromatic N) is 1. The van der Waals surface area contributed by atoms with Crippen molar-refractivity contribution in [2.75, 3.05) is 32.7 Å². The van der Waals surface area contributed by atoms with E-state index in [0.29, 0.717) is 0 Å². The first-order valence-corrected chi connectivity index (χ1v) is 6.03. The summed E-state index contributed by atoms with van der Waals surface area (Å²) in [5.41, 5.74) is 0. The molecule has 0 radical (unpaired) electrons. The summed E-state index contributed by atoms with van der Waals surface area (Å²) in [5, 5.41) is 3.42. The Kier molecular flexibility index (Phi) is 2.34. The van der Waals surface area contributed by atoms with Crippen molar-refractivity contribution < 1.29 is 0 Å². The molecule has 0 aromatic heterocycles. The molecule has 2 fully saturated rings. The number of rotatable bonds is 2. The quantitative estimate of drug-likeness (QED) is 0.659. The molecule has 3 rings (SSSR count). The molecule has 2 heteroatoms. The molecule has 1 aliphatic heterocycles. The lowest BCUT2D eigenvalue weighted by Crippen LogP contribution is -2.45. The molecule has 78 valence electrons. The van der Waals surface area contributed by atoms with Crippen molar-refractivity contribution in [3.8, 4) is 0 Å². The molecule has 2 nitrogen and oxygen atoms in total.